The smallest absolute Gasteiger partial charge is 0.394 e. The van der Waals surface area contributed by atoms with E-state index < -0.39 is 43.4 Å². The number of unbranched alkanes of at least 4 members (excludes halogenated alkanes) is 2. The van der Waals surface area contributed by atoms with E-state index >= 15 is 0 Å². The molecule has 0 unspecified atom stereocenters. The fraction of sp³-hybridized carbons (Fsp3) is 1.00. The van der Waals surface area contributed by atoms with Crippen molar-refractivity contribution >= 4 is 18.9 Å². The number of rotatable bonds is 18. The quantitative estimate of drug-likeness (QED) is 0.0664. The van der Waals surface area contributed by atoms with E-state index in [1.165, 1.54) is 6.42 Å². The first-order valence-electron chi connectivity index (χ1n) is 10.1. The van der Waals surface area contributed by atoms with Gasteiger partial charge >= 0.3 is 8.80 Å². The van der Waals surface area contributed by atoms with Crippen molar-refractivity contribution in [2.45, 2.75) is 50.6 Å². The van der Waals surface area contributed by atoms with Gasteiger partial charge in [-0.05, 0) is 25.8 Å². The maximum Gasteiger partial charge on any atom is 0.495 e. The molecule has 29 heavy (non-hydrogen) atoms. The van der Waals surface area contributed by atoms with Crippen LogP contribution < -0.4 is 5.32 Å². The zero-order valence-corrected chi connectivity index (χ0v) is 19.8. The van der Waals surface area contributed by atoms with Crippen LogP contribution in [0, 0.1) is 0 Å². The highest BCUT2D eigenvalue weighted by atomic mass is 32.2. The van der Waals surface area contributed by atoms with Crippen LogP contribution in [0.2, 0.25) is 6.04 Å². The molecule has 0 aromatic heterocycles. The van der Waals surface area contributed by atoms with E-state index in [2.05, 4.69) is 26.3 Å². The summed E-state index contributed by atoms with van der Waals surface area (Å²) >= 11 is 0. The Morgan fingerprint density at radius 2 is 1.62 bits per heavy atom. The summed E-state index contributed by atoms with van der Waals surface area (Å²) in [6, 6.07) is 0.109. The van der Waals surface area contributed by atoms with Crippen molar-refractivity contribution in [1.82, 2.24) is 5.32 Å². The Morgan fingerprint density at radius 1 is 1.03 bits per heavy atom. The minimum atomic E-state index is -4.09. The Morgan fingerprint density at radius 3 is 2.14 bits per heavy atom. The molecular weight excluding hydrogens is 420 g/mol. The van der Waals surface area contributed by atoms with Crippen LogP contribution in [0.3, 0.4) is 0 Å². The van der Waals surface area contributed by atoms with Crippen LogP contribution in [0.25, 0.3) is 0 Å². The Labute approximate surface area is 176 Å². The standard InChI is InChI=1S/C17H40N2O8SSi/c1-4-5-6-10-19(2,3)11-8-13-29(25,26)27-16-17(14-20,15-21)18-9-7-12-28(22,23)24/h18,20-21,25-26H,4-16H2,1-3H3/p+1. The van der Waals surface area contributed by atoms with Crippen molar-refractivity contribution in [3.8, 4) is 0 Å². The minimum Gasteiger partial charge on any atom is -0.394 e. The lowest BCUT2D eigenvalue weighted by Crippen LogP contribution is -2.58. The molecule has 0 aliphatic rings. The van der Waals surface area contributed by atoms with Crippen molar-refractivity contribution in [3.63, 3.8) is 0 Å². The van der Waals surface area contributed by atoms with Gasteiger partial charge in [-0.2, -0.15) is 8.42 Å². The molecule has 176 valence electrons. The topological polar surface area (TPSA) is 157 Å². The molecule has 0 aromatic carbocycles. The monoisotopic (exact) mass is 461 g/mol. The van der Waals surface area contributed by atoms with Gasteiger partial charge in [0.25, 0.3) is 10.1 Å². The van der Waals surface area contributed by atoms with Gasteiger partial charge in [-0.15, -0.1) is 0 Å². The minimum absolute atomic E-state index is 0.0619. The molecule has 0 aliphatic carbocycles. The highest BCUT2D eigenvalue weighted by Crippen LogP contribution is 2.14. The first kappa shape index (κ1) is 28.8. The largest absolute Gasteiger partial charge is 0.495 e. The van der Waals surface area contributed by atoms with Crippen molar-refractivity contribution in [3.05, 3.63) is 0 Å². The summed E-state index contributed by atoms with van der Waals surface area (Å²) in [5.74, 6) is -0.460. The predicted molar refractivity (Wildman–Crippen MR) is 113 cm³/mol. The average molecular weight is 462 g/mol. The van der Waals surface area contributed by atoms with Crippen molar-refractivity contribution in [2.75, 3.05) is 59.3 Å². The number of hydrogen-bond donors (Lipinski definition) is 6. The zero-order valence-electron chi connectivity index (χ0n) is 18.0. The van der Waals surface area contributed by atoms with Crippen LogP contribution >= 0.6 is 0 Å². The maximum absolute atomic E-state index is 10.7. The molecule has 0 amide bonds. The number of nitrogens with one attached hydrogen (secondary N) is 1. The van der Waals surface area contributed by atoms with E-state index in [1.54, 1.807) is 0 Å². The van der Waals surface area contributed by atoms with Gasteiger partial charge < -0.3 is 34.0 Å². The van der Waals surface area contributed by atoms with Crippen molar-refractivity contribution in [1.29, 1.82) is 0 Å². The number of hydrogen-bond acceptors (Lipinski definition) is 8. The number of aliphatic hydroxyl groups excluding tert-OH is 2. The summed E-state index contributed by atoms with van der Waals surface area (Å²) in [6.07, 6.45) is 4.08. The second-order valence-corrected chi connectivity index (χ2v) is 12.2. The van der Waals surface area contributed by atoms with Gasteiger partial charge in [0.2, 0.25) is 0 Å². The van der Waals surface area contributed by atoms with E-state index in [1.807, 2.05) is 0 Å². The van der Waals surface area contributed by atoms with Gasteiger partial charge in [0, 0.05) is 12.5 Å². The summed E-state index contributed by atoms with van der Waals surface area (Å²) in [5.41, 5.74) is -1.33. The molecule has 10 nitrogen and oxygen atoms in total. The lowest BCUT2D eigenvalue weighted by atomic mass is 10.0. The van der Waals surface area contributed by atoms with Crippen molar-refractivity contribution < 1.29 is 41.7 Å². The SMILES string of the molecule is CCCCC[N+](C)(C)CCC[Si](O)(O)OCC(CO)(CO)NCCCS(=O)(=O)O. The maximum atomic E-state index is 10.7. The van der Waals surface area contributed by atoms with Gasteiger partial charge in [0.15, 0.2) is 0 Å². The molecule has 6 N–H and O–H groups in total. The normalized spacial score (nSPS) is 13.8. The van der Waals surface area contributed by atoms with Gasteiger partial charge in [0.05, 0.1) is 58.3 Å². The van der Waals surface area contributed by atoms with Crippen LogP contribution in [-0.2, 0) is 14.5 Å². The lowest BCUT2D eigenvalue weighted by molar-refractivity contribution is -0.890. The molecule has 0 rings (SSSR count). The molecule has 0 atom stereocenters. The Balaban J connectivity index is 4.47. The number of nitrogens with zero attached hydrogens (tertiary/aromatic N) is 1. The Hall–Kier alpha value is -0.153. The van der Waals surface area contributed by atoms with E-state index in [0.717, 1.165) is 30.4 Å². The van der Waals surface area contributed by atoms with Gasteiger partial charge in [-0.1, -0.05) is 13.3 Å². The van der Waals surface area contributed by atoms with Gasteiger partial charge in [0.1, 0.15) is 0 Å². The van der Waals surface area contributed by atoms with Crippen LogP contribution in [0.4, 0.5) is 0 Å². The Kier molecular flexibility index (Phi) is 13.2. The molecule has 0 spiro atoms. The summed E-state index contributed by atoms with van der Waals surface area (Å²) in [6.45, 7) is 2.62. The highest BCUT2D eigenvalue weighted by molar-refractivity contribution is 7.85. The molecule has 0 fully saturated rings. The highest BCUT2D eigenvalue weighted by Gasteiger charge is 2.38. The van der Waals surface area contributed by atoms with E-state index in [-0.39, 0.29) is 25.6 Å². The molecule has 0 aliphatic heterocycles. The number of aliphatic hydroxyl groups is 2. The molecule has 0 radical (unpaired) electrons. The predicted octanol–water partition coefficient (Wildman–Crippen LogP) is -0.826. The van der Waals surface area contributed by atoms with Crippen LogP contribution in [0.1, 0.15) is 39.0 Å². The third-order valence-corrected chi connectivity index (χ3v) is 7.31. The molecule has 0 bridgehead atoms. The fourth-order valence-electron chi connectivity index (χ4n) is 2.88. The lowest BCUT2D eigenvalue weighted by Gasteiger charge is -2.33. The molecule has 0 heterocycles. The van der Waals surface area contributed by atoms with E-state index in [9.17, 15) is 28.2 Å². The summed E-state index contributed by atoms with van der Waals surface area (Å²) in [7, 11) is -3.85. The first-order valence-corrected chi connectivity index (χ1v) is 13.7. The van der Waals surface area contributed by atoms with Crippen molar-refractivity contribution in [2.24, 2.45) is 0 Å². The second-order valence-electron chi connectivity index (χ2n) is 8.39. The summed E-state index contributed by atoms with van der Waals surface area (Å²) in [4.78, 5) is 20.4. The molecule has 0 aromatic rings. The molecule has 0 saturated heterocycles. The summed E-state index contributed by atoms with van der Waals surface area (Å²) in [5, 5.41) is 22.0. The van der Waals surface area contributed by atoms with Crippen LogP contribution in [0.5, 0.6) is 0 Å². The van der Waals surface area contributed by atoms with E-state index in [4.69, 9.17) is 8.98 Å². The van der Waals surface area contributed by atoms with Gasteiger partial charge in [-0.3, -0.25) is 4.55 Å². The van der Waals surface area contributed by atoms with Crippen LogP contribution in [0.15, 0.2) is 0 Å². The third-order valence-electron chi connectivity index (χ3n) is 4.90. The van der Waals surface area contributed by atoms with Crippen LogP contribution in [-0.4, -0.2) is 111 Å². The Bertz CT molecular complexity index is 542. The third kappa shape index (κ3) is 14.5. The molecule has 0 saturated carbocycles. The second kappa shape index (κ2) is 13.3. The molecular formula is C17H41N2O8SSi+. The zero-order chi connectivity index (χ0) is 22.6. The van der Waals surface area contributed by atoms with E-state index in [0.29, 0.717) is 6.42 Å². The average Bonchev–Trinajstić information content (AvgIpc) is 2.60. The van der Waals surface area contributed by atoms with Gasteiger partial charge in [-0.25, -0.2) is 0 Å². The molecule has 12 heteroatoms. The first-order chi connectivity index (χ1) is 13.3. The number of quaternary nitrogens is 1. The summed E-state index contributed by atoms with van der Waals surface area (Å²) < 4.78 is 36.3. The fourth-order valence-corrected chi connectivity index (χ4v) is 4.66.